The lowest BCUT2D eigenvalue weighted by Crippen LogP contribution is -2.30. The van der Waals surface area contributed by atoms with E-state index in [1.165, 1.54) is 154 Å². The molecule has 0 radical (unpaired) electrons. The van der Waals surface area contributed by atoms with E-state index < -0.39 is 97.5 Å². The first kappa shape index (κ1) is 92.8. The van der Waals surface area contributed by atoms with Gasteiger partial charge in [0, 0.05) is 25.7 Å². The van der Waals surface area contributed by atoms with Crippen molar-refractivity contribution in [2.24, 2.45) is 0 Å². The van der Waals surface area contributed by atoms with Crippen molar-refractivity contribution in [1.82, 2.24) is 0 Å². The molecule has 0 amide bonds. The fourth-order valence-electron chi connectivity index (χ4n) is 10.6. The van der Waals surface area contributed by atoms with Crippen molar-refractivity contribution < 1.29 is 80.2 Å². The van der Waals surface area contributed by atoms with Gasteiger partial charge in [-0.2, -0.15) is 0 Å². The van der Waals surface area contributed by atoms with Crippen molar-refractivity contribution >= 4 is 39.5 Å². The summed E-state index contributed by atoms with van der Waals surface area (Å²) in [6.07, 6.45) is 67.9. The predicted molar refractivity (Wildman–Crippen MR) is 390 cm³/mol. The predicted octanol–water partition coefficient (Wildman–Crippen LogP) is 21.9. The van der Waals surface area contributed by atoms with Gasteiger partial charge in [0.1, 0.15) is 19.3 Å². The van der Waals surface area contributed by atoms with Gasteiger partial charge in [0.25, 0.3) is 0 Å². The highest BCUT2D eigenvalue weighted by Gasteiger charge is 2.30. The van der Waals surface area contributed by atoms with Crippen LogP contribution in [0.3, 0.4) is 0 Å². The highest BCUT2D eigenvalue weighted by molar-refractivity contribution is 7.47. The van der Waals surface area contributed by atoms with Gasteiger partial charge >= 0.3 is 39.5 Å². The number of allylic oxidation sites excluding steroid dienone is 10. The average molecular weight is 1400 g/mol. The van der Waals surface area contributed by atoms with Gasteiger partial charge in [-0.25, -0.2) is 9.13 Å². The van der Waals surface area contributed by atoms with Crippen molar-refractivity contribution in [3.63, 3.8) is 0 Å². The highest BCUT2D eigenvalue weighted by Crippen LogP contribution is 2.45. The Balaban J connectivity index is 5.35. The minimum atomic E-state index is -4.98. The van der Waals surface area contributed by atoms with Crippen LogP contribution < -0.4 is 0 Å². The summed E-state index contributed by atoms with van der Waals surface area (Å²) in [6.45, 7) is 4.81. The Morgan fingerprint density at radius 2 is 0.521 bits per heavy atom. The van der Waals surface area contributed by atoms with E-state index in [4.69, 9.17) is 37.0 Å². The number of phosphoric ester groups is 2. The summed E-state index contributed by atoms with van der Waals surface area (Å²) in [5.74, 6) is -2.22. The maximum atomic E-state index is 13.1. The lowest BCUT2D eigenvalue weighted by atomic mass is 10.0. The van der Waals surface area contributed by atoms with Crippen molar-refractivity contribution in [2.75, 3.05) is 39.6 Å². The molecule has 560 valence electrons. The van der Waals surface area contributed by atoms with Crippen LogP contribution in [0.1, 0.15) is 349 Å². The van der Waals surface area contributed by atoms with E-state index in [1.54, 1.807) is 0 Å². The summed E-state index contributed by atoms with van der Waals surface area (Å²) in [5, 5.41) is 10.6. The number of carbonyl (C=O) groups is 4. The maximum Gasteiger partial charge on any atom is 0.472 e. The van der Waals surface area contributed by atoms with Crippen molar-refractivity contribution in [3.8, 4) is 0 Å². The molecule has 0 rings (SSSR count). The molecule has 17 nitrogen and oxygen atoms in total. The molecule has 0 aliphatic rings. The second-order valence-electron chi connectivity index (χ2n) is 26.0. The second-order valence-corrected chi connectivity index (χ2v) is 28.9. The van der Waals surface area contributed by atoms with Crippen molar-refractivity contribution in [2.45, 2.75) is 367 Å². The largest absolute Gasteiger partial charge is 0.472 e. The van der Waals surface area contributed by atoms with Crippen molar-refractivity contribution in [1.29, 1.82) is 0 Å². The zero-order chi connectivity index (χ0) is 70.4. The number of hydrogen-bond acceptors (Lipinski definition) is 15. The molecule has 2 unspecified atom stereocenters. The van der Waals surface area contributed by atoms with Crippen LogP contribution in [0.5, 0.6) is 0 Å². The Hall–Kier alpha value is -3.24. The molecule has 19 heteroatoms. The Labute approximate surface area is 584 Å². The normalized spacial score (nSPS) is 14.3. The van der Waals surface area contributed by atoms with E-state index in [1.807, 2.05) is 12.2 Å². The Bertz CT molecular complexity index is 2060. The summed E-state index contributed by atoms with van der Waals surface area (Å²) in [6, 6.07) is 0. The third kappa shape index (κ3) is 69.2. The molecule has 0 aromatic rings. The summed E-state index contributed by atoms with van der Waals surface area (Å²) in [4.78, 5) is 72.8. The topological polar surface area (TPSA) is 237 Å². The van der Waals surface area contributed by atoms with Crippen LogP contribution >= 0.6 is 15.6 Å². The Kier molecular flexibility index (Phi) is 67.8. The van der Waals surface area contributed by atoms with Gasteiger partial charge in [-0.1, -0.05) is 294 Å². The fraction of sp³-hybridized carbons (Fsp3) is 0.818. The van der Waals surface area contributed by atoms with E-state index in [2.05, 4.69) is 76.3 Å². The number of ether oxygens (including phenoxy) is 4. The van der Waals surface area contributed by atoms with Gasteiger partial charge in [0.05, 0.1) is 26.4 Å². The SMILES string of the molecule is CCCCC/C=C\C/C=C\C/C=C\C/C=C\CCCC(=O)OC[C@H](COP(=O)(O)OC[C@H](O)COP(=O)(O)OC[C@@H](COC(=O)CCCCCCCCCCCCCCC)OC(=O)CCCCCCC/C=C\CCCCCC)OC(=O)CCCCCCCCCCCCCCC. The number of hydrogen-bond donors (Lipinski definition) is 3. The quantitative estimate of drug-likeness (QED) is 0.0169. The van der Waals surface area contributed by atoms with E-state index in [0.717, 1.165) is 109 Å². The monoisotopic (exact) mass is 1400 g/mol. The Morgan fingerprint density at radius 3 is 0.865 bits per heavy atom. The zero-order valence-electron chi connectivity index (χ0n) is 61.1. The molecule has 0 aliphatic heterocycles. The second kappa shape index (κ2) is 70.2. The molecule has 3 N–H and O–H groups in total. The van der Waals surface area contributed by atoms with Crippen LogP contribution in [0.4, 0.5) is 0 Å². The molecule has 96 heavy (non-hydrogen) atoms. The molecule has 5 atom stereocenters. The summed E-state index contributed by atoms with van der Waals surface area (Å²) in [7, 11) is -9.94. The van der Waals surface area contributed by atoms with E-state index >= 15 is 0 Å². The third-order valence-electron chi connectivity index (χ3n) is 16.5. The van der Waals surface area contributed by atoms with Gasteiger partial charge < -0.3 is 33.8 Å². The number of esters is 4. The van der Waals surface area contributed by atoms with Gasteiger partial charge in [-0.15, -0.1) is 0 Å². The molecule has 0 saturated heterocycles. The zero-order valence-corrected chi connectivity index (χ0v) is 62.8. The molecule has 0 aromatic heterocycles. The van der Waals surface area contributed by atoms with Crippen LogP contribution in [-0.4, -0.2) is 96.7 Å². The van der Waals surface area contributed by atoms with Crippen molar-refractivity contribution in [3.05, 3.63) is 60.8 Å². The lowest BCUT2D eigenvalue weighted by Gasteiger charge is -2.21. The molecule has 0 fully saturated rings. The molecular formula is C77H140O17P2. The first-order valence-electron chi connectivity index (χ1n) is 38.5. The number of aliphatic hydroxyl groups is 1. The third-order valence-corrected chi connectivity index (χ3v) is 18.4. The number of rotatable bonds is 73. The molecule has 0 spiro atoms. The molecule has 0 heterocycles. The molecule has 0 saturated carbocycles. The van der Waals surface area contributed by atoms with Crippen LogP contribution in [0.2, 0.25) is 0 Å². The number of aliphatic hydroxyl groups excluding tert-OH is 1. The molecule has 0 bridgehead atoms. The first-order chi connectivity index (χ1) is 46.7. The van der Waals surface area contributed by atoms with E-state index in [9.17, 15) is 43.2 Å². The fourth-order valence-corrected chi connectivity index (χ4v) is 12.1. The molecular weight excluding hydrogens is 1260 g/mol. The van der Waals surface area contributed by atoms with Crippen LogP contribution in [0.15, 0.2) is 60.8 Å². The standard InChI is InChI=1S/C77H140O17P2/c1-5-9-13-17-21-25-29-33-34-35-36-40-42-46-50-54-58-62-75(80)88-68-73(94-77(82)64-60-56-52-48-44-39-32-28-24-20-16-12-8-4)70-92-96(85,86)90-66-71(78)65-89-95(83,84)91-69-72(93-76(81)63-59-55-51-47-43-38-31-27-23-19-15-11-7-3)67-87-74(79)61-57-53-49-45-41-37-30-26-22-18-14-10-6-2/h21,25,27,31,33-34,36,40,46,50,71-73,78H,5-20,22-24,26,28-30,32,35,37-39,41-45,47-49,51-70H2,1-4H3,(H,83,84)(H,85,86)/b25-21-,31-27-,34-33-,40-36-,50-46-/t71-,72-,73-/m1/s1. The minimum absolute atomic E-state index is 0.0893. The van der Waals surface area contributed by atoms with Gasteiger partial charge in [-0.3, -0.25) is 37.3 Å². The van der Waals surface area contributed by atoms with Gasteiger partial charge in [-0.05, 0) is 89.9 Å². The molecule has 0 aliphatic carbocycles. The van der Waals surface area contributed by atoms with E-state index in [0.29, 0.717) is 32.1 Å². The molecule has 0 aromatic carbocycles. The first-order valence-corrected chi connectivity index (χ1v) is 41.5. The van der Waals surface area contributed by atoms with Crippen LogP contribution in [-0.2, 0) is 65.4 Å². The Morgan fingerprint density at radius 1 is 0.292 bits per heavy atom. The number of phosphoric acid groups is 2. The minimum Gasteiger partial charge on any atom is -0.462 e. The maximum absolute atomic E-state index is 13.1. The lowest BCUT2D eigenvalue weighted by molar-refractivity contribution is -0.161. The summed E-state index contributed by atoms with van der Waals surface area (Å²) in [5.41, 5.74) is 0. The summed E-state index contributed by atoms with van der Waals surface area (Å²) >= 11 is 0. The number of unbranched alkanes of at least 4 members (excludes halogenated alkanes) is 37. The van der Waals surface area contributed by atoms with Crippen LogP contribution in [0.25, 0.3) is 0 Å². The van der Waals surface area contributed by atoms with Crippen LogP contribution in [0, 0.1) is 0 Å². The highest BCUT2D eigenvalue weighted by atomic mass is 31.2. The van der Waals surface area contributed by atoms with E-state index in [-0.39, 0.29) is 25.7 Å². The smallest absolute Gasteiger partial charge is 0.462 e. The summed E-state index contributed by atoms with van der Waals surface area (Å²) < 4.78 is 68.4. The number of carbonyl (C=O) groups excluding carboxylic acids is 4. The van der Waals surface area contributed by atoms with Gasteiger partial charge in [0.15, 0.2) is 12.2 Å². The average Bonchev–Trinajstić information content (AvgIpc) is 3.12. The van der Waals surface area contributed by atoms with Gasteiger partial charge in [0.2, 0.25) is 0 Å².